The molecule has 0 aromatic heterocycles. The molecule has 9 aromatic carbocycles. The van der Waals surface area contributed by atoms with Crippen LogP contribution in [0.25, 0.3) is 44.2 Å². The predicted molar refractivity (Wildman–Crippen MR) is 227 cm³/mol. The van der Waals surface area contributed by atoms with Gasteiger partial charge >= 0.3 is 0 Å². The topological polar surface area (TPSA) is 3.24 Å². The Morgan fingerprint density at radius 3 is 1.30 bits per heavy atom. The van der Waals surface area contributed by atoms with Crippen LogP contribution < -0.4 is 4.90 Å². The predicted octanol–water partition coefficient (Wildman–Crippen LogP) is 14.0. The van der Waals surface area contributed by atoms with Gasteiger partial charge in [0.15, 0.2) is 0 Å². The van der Waals surface area contributed by atoms with E-state index in [0.29, 0.717) is 0 Å². The molecule has 0 fully saturated rings. The molecule has 1 nitrogen and oxygen atoms in total. The van der Waals surface area contributed by atoms with Crippen molar-refractivity contribution in [2.45, 2.75) is 5.41 Å². The minimum Gasteiger partial charge on any atom is -0.310 e. The normalized spacial score (nSPS) is 12.6. The zero-order valence-electron chi connectivity index (χ0n) is 29.8. The highest BCUT2D eigenvalue weighted by Crippen LogP contribution is 2.58. The van der Waals surface area contributed by atoms with Gasteiger partial charge < -0.3 is 4.90 Å². The van der Waals surface area contributed by atoms with E-state index in [1.165, 1.54) is 66.4 Å². The Morgan fingerprint density at radius 1 is 0.315 bits per heavy atom. The molecule has 1 aliphatic carbocycles. The molecule has 0 unspecified atom stereocenters. The summed E-state index contributed by atoms with van der Waals surface area (Å²) in [5.74, 6) is 0. The number of hydrogen-bond acceptors (Lipinski definition) is 1. The molecule has 1 heteroatoms. The fourth-order valence-corrected chi connectivity index (χ4v) is 8.72. The highest BCUT2D eigenvalue weighted by Gasteiger charge is 2.47. The molecule has 0 saturated carbocycles. The molecule has 0 bridgehead atoms. The molecule has 254 valence electrons. The Morgan fingerprint density at radius 2 is 0.759 bits per heavy atom. The summed E-state index contributed by atoms with van der Waals surface area (Å²) < 4.78 is 0. The smallest absolute Gasteiger partial charge is 0.0719 e. The molecule has 0 heterocycles. The van der Waals surface area contributed by atoms with Crippen molar-refractivity contribution in [1.29, 1.82) is 0 Å². The first-order valence-electron chi connectivity index (χ1n) is 18.7. The van der Waals surface area contributed by atoms with Crippen molar-refractivity contribution in [3.63, 3.8) is 0 Å². The lowest BCUT2D eigenvalue weighted by Crippen LogP contribution is -2.28. The minimum atomic E-state index is -0.463. The molecular formula is C53H37N. The number of benzene rings is 9. The maximum absolute atomic E-state index is 2.38. The zero-order chi connectivity index (χ0) is 35.9. The van der Waals surface area contributed by atoms with Crippen molar-refractivity contribution in [3.8, 4) is 33.4 Å². The summed E-state index contributed by atoms with van der Waals surface area (Å²) in [6.07, 6.45) is 0. The number of rotatable bonds is 7. The van der Waals surface area contributed by atoms with Crippen LogP contribution in [0.4, 0.5) is 17.1 Å². The van der Waals surface area contributed by atoms with Crippen molar-refractivity contribution >= 4 is 27.8 Å². The van der Waals surface area contributed by atoms with E-state index in [9.17, 15) is 0 Å². The minimum absolute atomic E-state index is 0.463. The average Bonchev–Trinajstić information content (AvgIpc) is 3.57. The van der Waals surface area contributed by atoms with E-state index in [-0.39, 0.29) is 0 Å². The van der Waals surface area contributed by atoms with Gasteiger partial charge in [-0.2, -0.15) is 0 Å². The molecule has 10 rings (SSSR count). The van der Waals surface area contributed by atoms with E-state index in [1.54, 1.807) is 0 Å². The zero-order valence-corrected chi connectivity index (χ0v) is 29.8. The molecule has 0 aliphatic heterocycles. The van der Waals surface area contributed by atoms with E-state index in [0.717, 1.165) is 17.1 Å². The van der Waals surface area contributed by atoms with Crippen molar-refractivity contribution in [3.05, 3.63) is 247 Å². The lowest BCUT2D eigenvalue weighted by Gasteiger charge is -2.35. The van der Waals surface area contributed by atoms with Gasteiger partial charge in [-0.1, -0.05) is 188 Å². The van der Waals surface area contributed by atoms with Crippen LogP contribution in [0, 0.1) is 0 Å². The van der Waals surface area contributed by atoms with Crippen LogP contribution in [0.5, 0.6) is 0 Å². The van der Waals surface area contributed by atoms with Crippen LogP contribution in [0.3, 0.4) is 0 Å². The molecule has 0 radical (unpaired) electrons. The van der Waals surface area contributed by atoms with Crippen molar-refractivity contribution in [2.24, 2.45) is 0 Å². The lowest BCUT2D eigenvalue weighted by molar-refractivity contribution is 0.775. The molecule has 0 spiro atoms. The van der Waals surface area contributed by atoms with Gasteiger partial charge in [0.1, 0.15) is 0 Å². The SMILES string of the molecule is c1ccc(-c2ccc(N(c3ccc(-c4ccccc4)cc3)c3ccc4c5c(ccc4c3)-c3ccccc3C5(c3ccccc3)c3ccccc3)cc2)cc1. The van der Waals surface area contributed by atoms with Gasteiger partial charge in [0.2, 0.25) is 0 Å². The lowest BCUT2D eigenvalue weighted by atomic mass is 9.67. The van der Waals surface area contributed by atoms with Crippen LogP contribution in [-0.2, 0) is 5.41 Å². The van der Waals surface area contributed by atoms with Gasteiger partial charge in [-0.3, -0.25) is 0 Å². The second-order valence-corrected chi connectivity index (χ2v) is 14.1. The monoisotopic (exact) mass is 687 g/mol. The first kappa shape index (κ1) is 31.7. The summed E-state index contributed by atoms with van der Waals surface area (Å²) in [6.45, 7) is 0. The van der Waals surface area contributed by atoms with Crippen LogP contribution in [-0.4, -0.2) is 0 Å². The first-order chi connectivity index (χ1) is 26.8. The number of nitrogens with zero attached hydrogens (tertiary/aromatic N) is 1. The fraction of sp³-hybridized carbons (Fsp3) is 0.0189. The van der Waals surface area contributed by atoms with E-state index in [4.69, 9.17) is 0 Å². The fourth-order valence-electron chi connectivity index (χ4n) is 8.72. The van der Waals surface area contributed by atoms with Crippen LogP contribution in [0.1, 0.15) is 22.3 Å². The number of hydrogen-bond donors (Lipinski definition) is 0. The molecule has 0 amide bonds. The molecule has 9 aromatic rings. The third-order valence-corrected chi connectivity index (χ3v) is 11.1. The molecule has 54 heavy (non-hydrogen) atoms. The molecule has 0 atom stereocenters. The van der Waals surface area contributed by atoms with Gasteiger partial charge in [-0.15, -0.1) is 0 Å². The van der Waals surface area contributed by atoms with Crippen molar-refractivity contribution in [2.75, 3.05) is 4.90 Å². The summed E-state index contributed by atoms with van der Waals surface area (Å²) >= 11 is 0. The standard InChI is InChI=1S/C53H37N/c1-5-15-38(16-6-1)40-25-30-45(31-26-40)54(46-32-27-41(28-33-46)39-17-7-2-8-18-39)47-34-36-48-42(37-47)29-35-50-49-23-13-14-24-51(49)53(52(48)50,43-19-9-3-10-20-43)44-21-11-4-12-22-44/h1-37H. The molecule has 0 saturated heterocycles. The maximum atomic E-state index is 2.38. The third kappa shape index (κ3) is 5.17. The van der Waals surface area contributed by atoms with Gasteiger partial charge in [0.05, 0.1) is 5.41 Å². The van der Waals surface area contributed by atoms with Gasteiger partial charge in [-0.05, 0) is 103 Å². The summed E-state index contributed by atoms with van der Waals surface area (Å²) in [5, 5.41) is 2.47. The summed E-state index contributed by atoms with van der Waals surface area (Å²) in [7, 11) is 0. The van der Waals surface area contributed by atoms with Crippen LogP contribution >= 0.6 is 0 Å². The van der Waals surface area contributed by atoms with Gasteiger partial charge in [0.25, 0.3) is 0 Å². The average molecular weight is 688 g/mol. The summed E-state index contributed by atoms with van der Waals surface area (Å²) in [6, 6.07) is 81.9. The quantitative estimate of drug-likeness (QED) is 0.161. The first-order valence-corrected chi connectivity index (χ1v) is 18.7. The number of fused-ring (bicyclic) bond motifs is 5. The molecule has 0 N–H and O–H groups in total. The highest BCUT2D eigenvalue weighted by atomic mass is 15.1. The van der Waals surface area contributed by atoms with Crippen molar-refractivity contribution in [1.82, 2.24) is 0 Å². The van der Waals surface area contributed by atoms with E-state index < -0.39 is 5.41 Å². The third-order valence-electron chi connectivity index (χ3n) is 11.1. The van der Waals surface area contributed by atoms with E-state index in [1.807, 2.05) is 0 Å². The van der Waals surface area contributed by atoms with Gasteiger partial charge in [0, 0.05) is 17.1 Å². The Kier molecular flexibility index (Phi) is 7.78. The Balaban J connectivity index is 1.17. The Bertz CT molecular complexity index is 2600. The molecule has 1 aliphatic rings. The second-order valence-electron chi connectivity index (χ2n) is 14.1. The Hall–Kier alpha value is -6.96. The summed E-state index contributed by atoms with van der Waals surface area (Å²) in [5.41, 5.74) is 15.5. The van der Waals surface area contributed by atoms with Crippen LogP contribution in [0.2, 0.25) is 0 Å². The van der Waals surface area contributed by atoms with Gasteiger partial charge in [-0.25, -0.2) is 0 Å². The molecular weight excluding hydrogens is 651 g/mol. The van der Waals surface area contributed by atoms with Crippen molar-refractivity contribution < 1.29 is 0 Å². The van der Waals surface area contributed by atoms with E-state index >= 15 is 0 Å². The Labute approximate surface area is 317 Å². The van der Waals surface area contributed by atoms with Crippen LogP contribution in [0.15, 0.2) is 224 Å². The van der Waals surface area contributed by atoms with E-state index in [2.05, 4.69) is 229 Å². The number of anilines is 3. The second kappa shape index (κ2) is 13.2. The maximum Gasteiger partial charge on any atom is 0.0719 e. The largest absolute Gasteiger partial charge is 0.310 e. The summed E-state index contributed by atoms with van der Waals surface area (Å²) in [4.78, 5) is 2.38. The highest BCUT2D eigenvalue weighted by molar-refractivity contribution is 6.02.